The Hall–Kier alpha value is -1.28. The van der Waals surface area contributed by atoms with E-state index in [-0.39, 0.29) is 0 Å². The number of hydrogen-bond acceptors (Lipinski definition) is 2. The molecule has 0 aromatic heterocycles. The van der Waals surface area contributed by atoms with E-state index >= 15 is 0 Å². The summed E-state index contributed by atoms with van der Waals surface area (Å²) in [6, 6.07) is 0. The molecular formula is C10H10ClNO. The first kappa shape index (κ1) is 9.81. The first-order valence-electron chi connectivity index (χ1n) is 3.78. The van der Waals surface area contributed by atoms with E-state index in [4.69, 9.17) is 11.6 Å². The topological polar surface area (TPSA) is 21.6 Å². The molecule has 13 heavy (non-hydrogen) atoms. The van der Waals surface area contributed by atoms with Crippen molar-refractivity contribution in [1.82, 2.24) is 0 Å². The maximum Gasteiger partial charge on any atom is 0.111 e. The molecule has 0 atom stereocenters. The largest absolute Gasteiger partial charge is 0.399 e. The van der Waals surface area contributed by atoms with Crippen molar-refractivity contribution < 1.29 is 4.84 Å². The number of halogens is 1. The van der Waals surface area contributed by atoms with Crippen molar-refractivity contribution in [2.75, 3.05) is 7.11 Å². The van der Waals surface area contributed by atoms with E-state index in [1.165, 1.54) is 7.11 Å². The lowest BCUT2D eigenvalue weighted by molar-refractivity contribution is 0.214. The molecule has 0 saturated carbocycles. The van der Waals surface area contributed by atoms with E-state index in [1.807, 2.05) is 24.3 Å². The smallest absolute Gasteiger partial charge is 0.111 e. The Morgan fingerprint density at radius 1 is 1.54 bits per heavy atom. The van der Waals surface area contributed by atoms with Crippen LogP contribution in [0, 0.1) is 0 Å². The van der Waals surface area contributed by atoms with Crippen molar-refractivity contribution in [3.8, 4) is 0 Å². The van der Waals surface area contributed by atoms with Gasteiger partial charge in [0.1, 0.15) is 12.8 Å². The lowest BCUT2D eigenvalue weighted by atomic mass is 10.1. The average molecular weight is 196 g/mol. The maximum atomic E-state index is 5.91. The molecule has 68 valence electrons. The summed E-state index contributed by atoms with van der Waals surface area (Å²) in [7, 11) is 1.50. The molecular weight excluding hydrogens is 186 g/mol. The molecule has 0 aromatic carbocycles. The molecule has 0 heterocycles. The second kappa shape index (κ2) is 4.67. The summed E-state index contributed by atoms with van der Waals surface area (Å²) in [6.07, 6.45) is 9.02. The highest BCUT2D eigenvalue weighted by atomic mass is 35.5. The molecule has 0 amide bonds. The summed E-state index contributed by atoms with van der Waals surface area (Å²) in [5.74, 6) is 0. The van der Waals surface area contributed by atoms with Gasteiger partial charge >= 0.3 is 0 Å². The zero-order valence-corrected chi connectivity index (χ0v) is 8.08. The van der Waals surface area contributed by atoms with Crippen LogP contribution in [0.3, 0.4) is 0 Å². The van der Waals surface area contributed by atoms with Crippen LogP contribution >= 0.6 is 11.6 Å². The van der Waals surface area contributed by atoms with Gasteiger partial charge in [-0.2, -0.15) is 0 Å². The Morgan fingerprint density at radius 2 is 2.23 bits per heavy atom. The zero-order chi connectivity index (χ0) is 9.68. The molecule has 3 heteroatoms. The van der Waals surface area contributed by atoms with Crippen LogP contribution in [0.5, 0.6) is 0 Å². The highest BCUT2D eigenvalue weighted by Gasteiger charge is 2.07. The third-order valence-electron chi connectivity index (χ3n) is 1.53. The van der Waals surface area contributed by atoms with E-state index in [0.717, 1.165) is 5.57 Å². The Kier molecular flexibility index (Phi) is 3.53. The number of oxime groups is 1. The fraction of sp³-hybridized carbons (Fsp3) is 0.100. The Labute approximate surface area is 82.5 Å². The minimum absolute atomic E-state index is 0.566. The number of rotatable bonds is 2. The van der Waals surface area contributed by atoms with Gasteiger partial charge in [-0.15, -0.1) is 0 Å². The van der Waals surface area contributed by atoms with Gasteiger partial charge in [0.2, 0.25) is 0 Å². The SMILES string of the molecule is C=C/C(Cl)=C1/C=CC=C/C1=N\OC. The van der Waals surface area contributed by atoms with E-state index in [2.05, 4.69) is 16.6 Å². The summed E-state index contributed by atoms with van der Waals surface area (Å²) in [5.41, 5.74) is 1.52. The van der Waals surface area contributed by atoms with E-state index in [9.17, 15) is 0 Å². The van der Waals surface area contributed by atoms with Gasteiger partial charge in [-0.1, -0.05) is 47.6 Å². The molecule has 0 aromatic rings. The molecule has 1 aliphatic rings. The Morgan fingerprint density at radius 3 is 2.85 bits per heavy atom. The van der Waals surface area contributed by atoms with Gasteiger partial charge in [-0.25, -0.2) is 0 Å². The second-order valence-electron chi connectivity index (χ2n) is 2.34. The highest BCUT2D eigenvalue weighted by molar-refractivity contribution is 6.35. The number of hydrogen-bond donors (Lipinski definition) is 0. The van der Waals surface area contributed by atoms with Crippen molar-refractivity contribution >= 4 is 17.3 Å². The van der Waals surface area contributed by atoms with Gasteiger partial charge in [0.25, 0.3) is 0 Å². The lowest BCUT2D eigenvalue weighted by Crippen LogP contribution is -2.01. The van der Waals surface area contributed by atoms with Crippen LogP contribution < -0.4 is 0 Å². The van der Waals surface area contributed by atoms with Gasteiger partial charge in [0.05, 0.1) is 0 Å². The van der Waals surface area contributed by atoms with E-state index in [0.29, 0.717) is 10.7 Å². The quantitative estimate of drug-likeness (QED) is 0.621. The molecule has 0 aliphatic heterocycles. The molecule has 0 bridgehead atoms. The van der Waals surface area contributed by atoms with Crippen molar-refractivity contribution in [2.45, 2.75) is 0 Å². The minimum atomic E-state index is 0.566. The van der Waals surface area contributed by atoms with E-state index < -0.39 is 0 Å². The monoisotopic (exact) mass is 195 g/mol. The van der Waals surface area contributed by atoms with Crippen LogP contribution in [-0.4, -0.2) is 12.8 Å². The average Bonchev–Trinajstić information content (AvgIpc) is 2.18. The molecule has 0 fully saturated rings. The fourth-order valence-electron chi connectivity index (χ4n) is 0.964. The summed E-state index contributed by atoms with van der Waals surface area (Å²) in [4.78, 5) is 4.68. The minimum Gasteiger partial charge on any atom is -0.399 e. The molecule has 0 radical (unpaired) electrons. The molecule has 0 saturated heterocycles. The van der Waals surface area contributed by atoms with E-state index in [1.54, 1.807) is 6.08 Å². The third-order valence-corrected chi connectivity index (χ3v) is 1.89. The van der Waals surface area contributed by atoms with Gasteiger partial charge in [-0.05, 0) is 6.08 Å². The predicted molar refractivity (Wildman–Crippen MR) is 55.8 cm³/mol. The molecule has 0 unspecified atom stereocenters. The zero-order valence-electron chi connectivity index (χ0n) is 7.33. The first-order valence-corrected chi connectivity index (χ1v) is 4.16. The fourth-order valence-corrected chi connectivity index (χ4v) is 1.12. The van der Waals surface area contributed by atoms with Crippen LogP contribution in [0.1, 0.15) is 0 Å². The summed E-state index contributed by atoms with van der Waals surface area (Å²) >= 11 is 5.91. The summed E-state index contributed by atoms with van der Waals surface area (Å²) in [5, 5.41) is 4.39. The van der Waals surface area contributed by atoms with Crippen LogP contribution in [0.2, 0.25) is 0 Å². The molecule has 1 rings (SSSR count). The van der Waals surface area contributed by atoms with Crippen molar-refractivity contribution in [2.24, 2.45) is 5.16 Å². The van der Waals surface area contributed by atoms with Crippen LogP contribution in [0.4, 0.5) is 0 Å². The van der Waals surface area contributed by atoms with Gasteiger partial charge in [0, 0.05) is 10.6 Å². The molecule has 1 aliphatic carbocycles. The Balaban J connectivity index is 3.09. The van der Waals surface area contributed by atoms with Crippen molar-refractivity contribution in [1.29, 1.82) is 0 Å². The summed E-state index contributed by atoms with van der Waals surface area (Å²) < 4.78 is 0. The van der Waals surface area contributed by atoms with Crippen LogP contribution in [0.15, 0.2) is 52.7 Å². The predicted octanol–water partition coefficient (Wildman–Crippen LogP) is 2.79. The van der Waals surface area contributed by atoms with Crippen LogP contribution in [0.25, 0.3) is 0 Å². The van der Waals surface area contributed by atoms with Gasteiger partial charge in [0.15, 0.2) is 0 Å². The number of nitrogens with zero attached hydrogens (tertiary/aromatic N) is 1. The normalized spacial score (nSPS) is 21.8. The highest BCUT2D eigenvalue weighted by Crippen LogP contribution is 2.17. The molecule has 0 spiro atoms. The Bertz CT molecular complexity index is 324. The van der Waals surface area contributed by atoms with Crippen molar-refractivity contribution in [3.05, 3.63) is 47.6 Å². The third kappa shape index (κ3) is 2.33. The first-order chi connectivity index (χ1) is 6.29. The van der Waals surface area contributed by atoms with Gasteiger partial charge in [-0.3, -0.25) is 0 Å². The maximum absolute atomic E-state index is 5.91. The van der Waals surface area contributed by atoms with Crippen LogP contribution in [-0.2, 0) is 4.84 Å². The summed E-state index contributed by atoms with van der Waals surface area (Å²) in [6.45, 7) is 3.59. The molecule has 2 nitrogen and oxygen atoms in total. The number of allylic oxidation sites excluding steroid dienone is 7. The van der Waals surface area contributed by atoms with Crippen molar-refractivity contribution in [3.63, 3.8) is 0 Å². The van der Waals surface area contributed by atoms with Gasteiger partial charge < -0.3 is 4.84 Å². The standard InChI is InChI=1S/C10H10ClNO/c1-3-9(11)8-6-4-5-7-10(8)12-13-2/h3-7H,1H2,2H3/b9-8+,12-10+. The lowest BCUT2D eigenvalue weighted by Gasteiger charge is -2.06. The molecule has 0 N–H and O–H groups in total. The second-order valence-corrected chi connectivity index (χ2v) is 2.75.